The standard InChI is InChI=1S/C21H15BrClN3O3/c1-13-16(3-2-4-18(13)22)12-29-21-19(23)6-17(10-27)20(26-21)28-11-15-5-14(7-24)8-25-9-15/h2-6,8-10H,11-12H2,1H3. The van der Waals surface area contributed by atoms with Crippen molar-refractivity contribution in [2.75, 3.05) is 0 Å². The molecule has 0 saturated heterocycles. The Bertz CT molecular complexity index is 1100. The second-order valence-electron chi connectivity index (χ2n) is 6.08. The number of ether oxygens (including phenoxy) is 2. The number of benzene rings is 1. The predicted octanol–water partition coefficient (Wildman–Crippen LogP) is 5.04. The van der Waals surface area contributed by atoms with E-state index in [9.17, 15) is 4.79 Å². The molecule has 6 nitrogen and oxygen atoms in total. The minimum Gasteiger partial charge on any atom is -0.472 e. The predicted molar refractivity (Wildman–Crippen MR) is 111 cm³/mol. The number of hydrogen-bond donors (Lipinski definition) is 0. The lowest BCUT2D eigenvalue weighted by Gasteiger charge is -2.13. The molecule has 0 spiro atoms. The molecule has 0 N–H and O–H groups in total. The number of aromatic nitrogens is 2. The average Bonchev–Trinajstić information content (AvgIpc) is 2.74. The summed E-state index contributed by atoms with van der Waals surface area (Å²) >= 11 is 9.71. The Morgan fingerprint density at radius 2 is 2.00 bits per heavy atom. The average molecular weight is 473 g/mol. The highest BCUT2D eigenvalue weighted by molar-refractivity contribution is 9.10. The molecular formula is C21H15BrClN3O3. The molecule has 8 heteroatoms. The molecule has 0 aliphatic carbocycles. The van der Waals surface area contributed by atoms with Gasteiger partial charge in [-0.2, -0.15) is 10.2 Å². The third kappa shape index (κ3) is 5.11. The van der Waals surface area contributed by atoms with E-state index in [1.807, 2.05) is 31.2 Å². The summed E-state index contributed by atoms with van der Waals surface area (Å²) < 4.78 is 12.4. The van der Waals surface area contributed by atoms with Gasteiger partial charge in [0.25, 0.3) is 0 Å². The summed E-state index contributed by atoms with van der Waals surface area (Å²) in [5.41, 5.74) is 3.31. The zero-order valence-electron chi connectivity index (χ0n) is 15.4. The van der Waals surface area contributed by atoms with Crippen molar-refractivity contribution in [3.8, 4) is 17.8 Å². The molecule has 2 aromatic heterocycles. The van der Waals surface area contributed by atoms with Crippen molar-refractivity contribution >= 4 is 33.8 Å². The van der Waals surface area contributed by atoms with E-state index in [4.69, 9.17) is 26.3 Å². The van der Waals surface area contributed by atoms with Crippen LogP contribution in [0.3, 0.4) is 0 Å². The number of nitrogens with zero attached hydrogens (tertiary/aromatic N) is 3. The lowest BCUT2D eigenvalue weighted by Crippen LogP contribution is -2.05. The first-order chi connectivity index (χ1) is 14.0. The highest BCUT2D eigenvalue weighted by Gasteiger charge is 2.14. The van der Waals surface area contributed by atoms with Crippen molar-refractivity contribution in [1.82, 2.24) is 9.97 Å². The minimum absolute atomic E-state index is 0.0855. The second kappa shape index (κ2) is 9.50. The summed E-state index contributed by atoms with van der Waals surface area (Å²) in [5, 5.41) is 9.17. The third-order valence-corrected chi connectivity index (χ3v) is 5.24. The van der Waals surface area contributed by atoms with Gasteiger partial charge in [-0.15, -0.1) is 0 Å². The highest BCUT2D eigenvalue weighted by Crippen LogP contribution is 2.30. The van der Waals surface area contributed by atoms with E-state index in [0.29, 0.717) is 17.4 Å². The number of rotatable bonds is 7. The molecule has 0 amide bonds. The van der Waals surface area contributed by atoms with Crippen LogP contribution in [0.25, 0.3) is 0 Å². The normalized spacial score (nSPS) is 10.3. The van der Waals surface area contributed by atoms with Gasteiger partial charge in [0.1, 0.15) is 24.3 Å². The van der Waals surface area contributed by atoms with Crippen LogP contribution in [0, 0.1) is 18.3 Å². The lowest BCUT2D eigenvalue weighted by atomic mass is 10.1. The van der Waals surface area contributed by atoms with Gasteiger partial charge in [-0.1, -0.05) is 39.7 Å². The van der Waals surface area contributed by atoms with E-state index in [1.54, 1.807) is 12.3 Å². The molecular weight excluding hydrogens is 458 g/mol. The van der Waals surface area contributed by atoms with Gasteiger partial charge in [0.05, 0.1) is 11.1 Å². The monoisotopic (exact) mass is 471 g/mol. The maximum Gasteiger partial charge on any atom is 0.236 e. The fourth-order valence-electron chi connectivity index (χ4n) is 2.51. The SMILES string of the molecule is Cc1c(Br)cccc1COc1nc(OCc2cncc(C#N)c2)c(C=O)cc1Cl. The van der Waals surface area contributed by atoms with E-state index in [1.165, 1.54) is 12.3 Å². The molecule has 146 valence electrons. The number of carbonyl (C=O) groups is 1. The molecule has 3 rings (SSSR count). The fraction of sp³-hybridized carbons (Fsp3) is 0.143. The maximum atomic E-state index is 11.4. The molecule has 3 aromatic rings. The number of hydrogen-bond acceptors (Lipinski definition) is 6. The van der Waals surface area contributed by atoms with Gasteiger partial charge in [-0.25, -0.2) is 0 Å². The van der Waals surface area contributed by atoms with Crippen LogP contribution in [-0.4, -0.2) is 16.3 Å². The molecule has 0 fully saturated rings. The van der Waals surface area contributed by atoms with Crippen LogP contribution >= 0.6 is 27.5 Å². The quantitative estimate of drug-likeness (QED) is 0.448. The van der Waals surface area contributed by atoms with Crippen molar-refractivity contribution in [2.24, 2.45) is 0 Å². The minimum atomic E-state index is 0.0855. The molecule has 0 radical (unpaired) electrons. The molecule has 0 aliphatic rings. The van der Waals surface area contributed by atoms with Crippen LogP contribution in [-0.2, 0) is 13.2 Å². The van der Waals surface area contributed by atoms with Gasteiger partial charge in [0.2, 0.25) is 11.8 Å². The van der Waals surface area contributed by atoms with Gasteiger partial charge in [-0.05, 0) is 36.2 Å². The number of aldehydes is 1. The first-order valence-corrected chi connectivity index (χ1v) is 9.68. The summed E-state index contributed by atoms with van der Waals surface area (Å²) in [6.45, 7) is 2.32. The van der Waals surface area contributed by atoms with Crippen LogP contribution in [0.15, 0.2) is 47.2 Å². The highest BCUT2D eigenvalue weighted by atomic mass is 79.9. The second-order valence-corrected chi connectivity index (χ2v) is 7.34. The first-order valence-electron chi connectivity index (χ1n) is 8.51. The van der Waals surface area contributed by atoms with E-state index in [-0.39, 0.29) is 35.6 Å². The Labute approximate surface area is 181 Å². The molecule has 0 unspecified atom stereocenters. The molecule has 2 heterocycles. The van der Waals surface area contributed by atoms with Crippen LogP contribution in [0.1, 0.15) is 32.6 Å². The Kier molecular flexibility index (Phi) is 6.81. The third-order valence-electron chi connectivity index (χ3n) is 4.11. The van der Waals surface area contributed by atoms with E-state index >= 15 is 0 Å². The Hall–Kier alpha value is -2.95. The lowest BCUT2D eigenvalue weighted by molar-refractivity contribution is 0.111. The summed E-state index contributed by atoms with van der Waals surface area (Å²) in [4.78, 5) is 19.6. The first kappa shape index (κ1) is 20.8. The zero-order valence-corrected chi connectivity index (χ0v) is 17.7. The smallest absolute Gasteiger partial charge is 0.236 e. The molecule has 29 heavy (non-hydrogen) atoms. The number of carbonyl (C=O) groups excluding carboxylic acids is 1. The molecule has 0 bridgehead atoms. The van der Waals surface area contributed by atoms with Crippen LogP contribution in [0.5, 0.6) is 11.8 Å². The van der Waals surface area contributed by atoms with Gasteiger partial charge < -0.3 is 9.47 Å². The zero-order chi connectivity index (χ0) is 20.8. The summed E-state index contributed by atoms with van der Waals surface area (Å²) in [7, 11) is 0. The summed E-state index contributed by atoms with van der Waals surface area (Å²) in [5.74, 6) is 0.253. The molecule has 0 saturated carbocycles. The van der Waals surface area contributed by atoms with Crippen LogP contribution in [0.4, 0.5) is 0 Å². The topological polar surface area (TPSA) is 85.1 Å². The van der Waals surface area contributed by atoms with Crippen molar-refractivity contribution in [3.05, 3.63) is 80.0 Å². The van der Waals surface area contributed by atoms with E-state index in [2.05, 4.69) is 25.9 Å². The number of halogens is 2. The van der Waals surface area contributed by atoms with Crippen molar-refractivity contribution < 1.29 is 14.3 Å². The van der Waals surface area contributed by atoms with Crippen LogP contribution < -0.4 is 9.47 Å². The Morgan fingerprint density at radius 3 is 2.76 bits per heavy atom. The molecule has 0 aliphatic heterocycles. The maximum absolute atomic E-state index is 11.4. The molecule has 0 atom stereocenters. The van der Waals surface area contributed by atoms with Crippen molar-refractivity contribution in [1.29, 1.82) is 5.26 Å². The van der Waals surface area contributed by atoms with Gasteiger partial charge >= 0.3 is 0 Å². The number of nitriles is 1. The molecule has 1 aromatic carbocycles. The van der Waals surface area contributed by atoms with Gasteiger partial charge in [0, 0.05) is 22.4 Å². The van der Waals surface area contributed by atoms with Crippen molar-refractivity contribution in [3.63, 3.8) is 0 Å². The summed E-state index contributed by atoms with van der Waals surface area (Å²) in [6.07, 6.45) is 3.64. The largest absolute Gasteiger partial charge is 0.472 e. The van der Waals surface area contributed by atoms with Gasteiger partial charge in [-0.3, -0.25) is 9.78 Å². The summed E-state index contributed by atoms with van der Waals surface area (Å²) in [6, 6.07) is 10.9. The van der Waals surface area contributed by atoms with E-state index in [0.717, 1.165) is 15.6 Å². The van der Waals surface area contributed by atoms with Gasteiger partial charge in [0.15, 0.2) is 6.29 Å². The van der Waals surface area contributed by atoms with Crippen LogP contribution in [0.2, 0.25) is 5.02 Å². The Balaban J connectivity index is 1.79. The Morgan fingerprint density at radius 1 is 1.21 bits per heavy atom. The fourth-order valence-corrected chi connectivity index (χ4v) is 3.13. The van der Waals surface area contributed by atoms with E-state index < -0.39 is 0 Å². The van der Waals surface area contributed by atoms with Crippen molar-refractivity contribution in [2.45, 2.75) is 20.1 Å². The number of pyridine rings is 2.